The van der Waals surface area contributed by atoms with E-state index in [2.05, 4.69) is 11.8 Å². The van der Waals surface area contributed by atoms with Crippen LogP contribution in [-0.2, 0) is 19.9 Å². The third-order valence-corrected chi connectivity index (χ3v) is 6.70. The first-order valence-electron chi connectivity index (χ1n) is 6.35. The predicted octanol–water partition coefficient (Wildman–Crippen LogP) is -0.584. The summed E-state index contributed by atoms with van der Waals surface area (Å²) in [7, 11) is -6.88. The van der Waals surface area contributed by atoms with Gasteiger partial charge >= 0.3 is 0 Å². The van der Waals surface area contributed by atoms with Gasteiger partial charge in [0.25, 0.3) is 0 Å². The number of nitrogens with two attached hydrogens (primary N) is 1. The van der Waals surface area contributed by atoms with Gasteiger partial charge in [-0.2, -0.15) is 4.31 Å². The summed E-state index contributed by atoms with van der Waals surface area (Å²) in [6.07, 6.45) is 0. The summed E-state index contributed by atoms with van der Waals surface area (Å²) in [4.78, 5) is 0.0882. The number of nitrogens with zero attached hydrogens (tertiary/aromatic N) is 1. The Morgan fingerprint density at radius 1 is 1.19 bits per heavy atom. The SMILES string of the molecule is NCC#Cc1ccccc1S(=O)(=O)N1CCS(=O)(=O)CC1. The topological polar surface area (TPSA) is 97.5 Å². The molecule has 0 amide bonds. The molecular formula is C13H16N2O4S2. The molecule has 0 aromatic heterocycles. The highest BCUT2D eigenvalue weighted by Gasteiger charge is 2.32. The Labute approximate surface area is 124 Å². The van der Waals surface area contributed by atoms with Crippen molar-refractivity contribution < 1.29 is 16.8 Å². The molecule has 1 aromatic rings. The molecular weight excluding hydrogens is 312 g/mol. The van der Waals surface area contributed by atoms with E-state index in [9.17, 15) is 16.8 Å². The minimum atomic E-state index is -3.75. The molecule has 1 saturated heterocycles. The van der Waals surface area contributed by atoms with Crippen LogP contribution in [0, 0.1) is 11.8 Å². The number of sulfone groups is 1. The van der Waals surface area contributed by atoms with Crippen LogP contribution in [0.1, 0.15) is 5.56 Å². The predicted molar refractivity (Wildman–Crippen MR) is 79.8 cm³/mol. The third kappa shape index (κ3) is 3.63. The Hall–Kier alpha value is -1.40. The second kappa shape index (κ2) is 6.15. The van der Waals surface area contributed by atoms with Crippen LogP contribution in [0.3, 0.4) is 0 Å². The molecule has 0 radical (unpaired) electrons. The average molecular weight is 328 g/mol. The maximum atomic E-state index is 12.6. The van der Waals surface area contributed by atoms with E-state index in [1.54, 1.807) is 18.2 Å². The lowest BCUT2D eigenvalue weighted by molar-refractivity contribution is 0.430. The summed E-state index contributed by atoms with van der Waals surface area (Å²) in [6, 6.07) is 6.39. The van der Waals surface area contributed by atoms with Crippen LogP contribution in [0.2, 0.25) is 0 Å². The van der Waals surface area contributed by atoms with Gasteiger partial charge in [-0.25, -0.2) is 16.8 Å². The first-order valence-corrected chi connectivity index (χ1v) is 9.61. The molecule has 0 spiro atoms. The van der Waals surface area contributed by atoms with Gasteiger partial charge in [0.15, 0.2) is 9.84 Å². The van der Waals surface area contributed by atoms with Gasteiger partial charge in [0.1, 0.15) is 0 Å². The Morgan fingerprint density at radius 2 is 1.81 bits per heavy atom. The lowest BCUT2D eigenvalue weighted by Crippen LogP contribution is -2.43. The van der Waals surface area contributed by atoms with Crippen molar-refractivity contribution in [2.24, 2.45) is 5.73 Å². The van der Waals surface area contributed by atoms with Gasteiger partial charge in [-0.1, -0.05) is 24.0 Å². The summed E-state index contributed by atoms with van der Waals surface area (Å²) in [5.41, 5.74) is 5.68. The molecule has 0 atom stereocenters. The van der Waals surface area contributed by atoms with Crippen LogP contribution < -0.4 is 5.73 Å². The van der Waals surface area contributed by atoms with E-state index in [1.165, 1.54) is 10.4 Å². The van der Waals surface area contributed by atoms with E-state index in [4.69, 9.17) is 5.73 Å². The molecule has 1 heterocycles. The van der Waals surface area contributed by atoms with Crippen molar-refractivity contribution >= 4 is 19.9 Å². The average Bonchev–Trinajstić information content (AvgIpc) is 2.45. The summed E-state index contributed by atoms with van der Waals surface area (Å²) < 4.78 is 49.2. The zero-order chi connectivity index (χ0) is 15.5. The third-order valence-electron chi connectivity index (χ3n) is 3.13. The fourth-order valence-corrected chi connectivity index (χ4v) is 5.04. The molecule has 0 aliphatic carbocycles. The smallest absolute Gasteiger partial charge is 0.244 e. The van der Waals surface area contributed by atoms with Crippen molar-refractivity contribution in [2.45, 2.75) is 4.90 Å². The van der Waals surface area contributed by atoms with Gasteiger partial charge in [0, 0.05) is 18.7 Å². The second-order valence-electron chi connectivity index (χ2n) is 4.56. The van der Waals surface area contributed by atoms with Crippen LogP contribution in [0.25, 0.3) is 0 Å². The molecule has 1 aromatic carbocycles. The first kappa shape index (κ1) is 16.0. The fraction of sp³-hybridized carbons (Fsp3) is 0.385. The minimum absolute atomic E-state index is 0.0245. The molecule has 21 heavy (non-hydrogen) atoms. The van der Waals surface area contributed by atoms with Crippen molar-refractivity contribution in [1.82, 2.24) is 4.31 Å². The number of rotatable bonds is 2. The number of sulfonamides is 1. The van der Waals surface area contributed by atoms with Crippen molar-refractivity contribution in [3.8, 4) is 11.8 Å². The summed E-state index contributed by atoms with van der Waals surface area (Å²) in [5.74, 6) is 5.07. The van der Waals surface area contributed by atoms with Crippen LogP contribution in [0.15, 0.2) is 29.2 Å². The zero-order valence-corrected chi connectivity index (χ0v) is 13.0. The molecule has 1 aliphatic rings. The second-order valence-corrected chi connectivity index (χ2v) is 8.77. The molecule has 0 unspecified atom stereocenters. The lowest BCUT2D eigenvalue weighted by atomic mass is 10.2. The highest BCUT2D eigenvalue weighted by Crippen LogP contribution is 2.21. The summed E-state index contributed by atoms with van der Waals surface area (Å²) >= 11 is 0. The van der Waals surface area contributed by atoms with Gasteiger partial charge in [-0.3, -0.25) is 0 Å². The maximum Gasteiger partial charge on any atom is 0.244 e. The van der Waals surface area contributed by atoms with Crippen molar-refractivity contribution in [3.63, 3.8) is 0 Å². The maximum absolute atomic E-state index is 12.6. The summed E-state index contributed by atoms with van der Waals surface area (Å²) in [6.45, 7) is 0.0863. The van der Waals surface area contributed by atoms with Crippen LogP contribution in [0.4, 0.5) is 0 Å². The molecule has 6 nitrogen and oxygen atoms in total. The van der Waals surface area contributed by atoms with Crippen LogP contribution in [-0.4, -0.2) is 52.3 Å². The van der Waals surface area contributed by atoms with Crippen molar-refractivity contribution in [3.05, 3.63) is 29.8 Å². The van der Waals surface area contributed by atoms with E-state index in [-0.39, 0.29) is 36.0 Å². The number of hydrogen-bond donors (Lipinski definition) is 1. The standard InChI is InChI=1S/C13H16N2O4S2/c14-7-3-5-12-4-1-2-6-13(12)21(18,19)15-8-10-20(16,17)11-9-15/h1-2,4,6H,7-11,14H2. The van der Waals surface area contributed by atoms with Gasteiger partial charge < -0.3 is 5.73 Å². The molecule has 0 saturated carbocycles. The zero-order valence-electron chi connectivity index (χ0n) is 11.3. The number of benzene rings is 1. The Kier molecular flexibility index (Phi) is 4.68. The molecule has 2 rings (SSSR count). The minimum Gasteiger partial charge on any atom is -0.320 e. The highest BCUT2D eigenvalue weighted by molar-refractivity contribution is 7.92. The lowest BCUT2D eigenvalue weighted by Gasteiger charge is -2.26. The van der Waals surface area contributed by atoms with Crippen molar-refractivity contribution in [2.75, 3.05) is 31.1 Å². The normalized spacial score (nSPS) is 18.7. The van der Waals surface area contributed by atoms with E-state index in [0.29, 0.717) is 5.56 Å². The first-order chi connectivity index (χ1) is 9.87. The monoisotopic (exact) mass is 328 g/mol. The van der Waals surface area contributed by atoms with Crippen LogP contribution in [0.5, 0.6) is 0 Å². The quantitative estimate of drug-likeness (QED) is 0.732. The van der Waals surface area contributed by atoms with Gasteiger partial charge in [-0.05, 0) is 12.1 Å². The molecule has 1 fully saturated rings. The molecule has 1 aliphatic heterocycles. The van der Waals surface area contributed by atoms with Gasteiger partial charge in [0.05, 0.1) is 22.9 Å². The molecule has 2 N–H and O–H groups in total. The highest BCUT2D eigenvalue weighted by atomic mass is 32.2. The Bertz CT molecular complexity index is 775. The largest absolute Gasteiger partial charge is 0.320 e. The van der Waals surface area contributed by atoms with Gasteiger partial charge in [-0.15, -0.1) is 0 Å². The number of hydrogen-bond acceptors (Lipinski definition) is 5. The van der Waals surface area contributed by atoms with E-state index in [0.717, 1.165) is 0 Å². The van der Waals surface area contributed by atoms with E-state index in [1.807, 2.05) is 0 Å². The molecule has 0 bridgehead atoms. The van der Waals surface area contributed by atoms with Crippen LogP contribution >= 0.6 is 0 Å². The summed E-state index contributed by atoms with van der Waals surface area (Å²) in [5, 5.41) is 0. The van der Waals surface area contributed by atoms with Crippen molar-refractivity contribution in [1.29, 1.82) is 0 Å². The Morgan fingerprint density at radius 3 is 2.43 bits per heavy atom. The molecule has 114 valence electrons. The van der Waals surface area contributed by atoms with Gasteiger partial charge in [0.2, 0.25) is 10.0 Å². The Balaban J connectivity index is 2.37. The fourth-order valence-electron chi connectivity index (χ4n) is 2.02. The van der Waals surface area contributed by atoms with E-state index < -0.39 is 19.9 Å². The molecule has 8 heteroatoms. The van der Waals surface area contributed by atoms with E-state index >= 15 is 0 Å².